The van der Waals surface area contributed by atoms with Gasteiger partial charge in [0.15, 0.2) is 11.5 Å². The number of ether oxygens (including phenoxy) is 2. The van der Waals surface area contributed by atoms with Crippen LogP contribution in [0.15, 0.2) is 29.0 Å². The first-order valence-corrected chi connectivity index (χ1v) is 6.50. The molecule has 0 spiro atoms. The Bertz CT molecular complexity index is 815. The van der Waals surface area contributed by atoms with Gasteiger partial charge in [-0.3, -0.25) is 0 Å². The molecular weight excluding hydrogens is 272 g/mol. The molecule has 1 aromatic carbocycles. The largest absolute Gasteiger partial charge is 0.454 e. The summed E-state index contributed by atoms with van der Waals surface area (Å²) in [6.45, 7) is 2.74. The molecule has 7 nitrogen and oxygen atoms in total. The lowest BCUT2D eigenvalue weighted by Crippen LogP contribution is -2.02. The zero-order chi connectivity index (χ0) is 14.2. The molecule has 0 amide bonds. The molecule has 0 bridgehead atoms. The van der Waals surface area contributed by atoms with Crippen molar-refractivity contribution in [3.05, 3.63) is 35.8 Å². The number of fused-ring (bicyclic) bond motifs is 2. The molecule has 1 N–H and O–H groups in total. The van der Waals surface area contributed by atoms with Gasteiger partial charge in [-0.05, 0) is 24.6 Å². The van der Waals surface area contributed by atoms with Gasteiger partial charge in [0.05, 0.1) is 5.69 Å². The molecule has 0 aliphatic carbocycles. The van der Waals surface area contributed by atoms with Crippen molar-refractivity contribution in [2.75, 3.05) is 12.1 Å². The summed E-state index contributed by atoms with van der Waals surface area (Å²) >= 11 is 0. The number of aromatic nitrogens is 3. The summed E-state index contributed by atoms with van der Waals surface area (Å²) in [5, 5.41) is 7.98. The van der Waals surface area contributed by atoms with Crippen LogP contribution >= 0.6 is 0 Å². The number of nitrogens with one attached hydrogen (secondary N) is 1. The van der Waals surface area contributed by atoms with E-state index in [9.17, 15) is 0 Å². The van der Waals surface area contributed by atoms with Crippen LogP contribution in [0.3, 0.4) is 0 Å². The van der Waals surface area contributed by atoms with Crippen molar-refractivity contribution < 1.29 is 14.0 Å². The minimum absolute atomic E-state index is 0.276. The summed E-state index contributed by atoms with van der Waals surface area (Å²) in [5.41, 5.74) is 2.31. The molecule has 106 valence electrons. The van der Waals surface area contributed by atoms with Crippen molar-refractivity contribution in [2.24, 2.45) is 0 Å². The number of rotatable bonds is 3. The molecule has 3 heterocycles. The van der Waals surface area contributed by atoms with E-state index in [4.69, 9.17) is 14.0 Å². The van der Waals surface area contributed by atoms with E-state index >= 15 is 0 Å². The highest BCUT2D eigenvalue weighted by molar-refractivity contribution is 5.87. The number of nitrogens with zero attached hydrogens (tertiary/aromatic N) is 3. The quantitative estimate of drug-likeness (QED) is 0.789. The second-order valence-corrected chi connectivity index (χ2v) is 4.71. The topological polar surface area (TPSA) is 82.3 Å². The molecule has 3 aromatic rings. The summed E-state index contributed by atoms with van der Waals surface area (Å²) in [4.78, 5) is 8.30. The third kappa shape index (κ3) is 2.03. The molecule has 0 saturated heterocycles. The van der Waals surface area contributed by atoms with Crippen LogP contribution in [0, 0.1) is 6.92 Å². The maximum Gasteiger partial charge on any atom is 0.263 e. The fourth-order valence-electron chi connectivity index (χ4n) is 2.29. The van der Waals surface area contributed by atoms with E-state index in [0.29, 0.717) is 18.1 Å². The van der Waals surface area contributed by atoms with Gasteiger partial charge < -0.3 is 19.3 Å². The fourth-order valence-corrected chi connectivity index (χ4v) is 2.29. The first-order chi connectivity index (χ1) is 10.3. The van der Waals surface area contributed by atoms with Crippen LogP contribution in [0.1, 0.15) is 11.3 Å². The van der Waals surface area contributed by atoms with E-state index in [-0.39, 0.29) is 6.79 Å². The zero-order valence-corrected chi connectivity index (χ0v) is 11.3. The van der Waals surface area contributed by atoms with Gasteiger partial charge in [0.1, 0.15) is 17.5 Å². The maximum atomic E-state index is 5.37. The third-order valence-corrected chi connectivity index (χ3v) is 3.34. The number of aryl methyl sites for hydroxylation is 1. The van der Waals surface area contributed by atoms with Gasteiger partial charge in [-0.2, -0.15) is 4.98 Å². The smallest absolute Gasteiger partial charge is 0.263 e. The van der Waals surface area contributed by atoms with E-state index in [1.54, 1.807) is 0 Å². The Balaban J connectivity index is 1.60. The van der Waals surface area contributed by atoms with Crippen LogP contribution in [-0.2, 0) is 6.54 Å². The molecule has 2 aromatic heterocycles. The molecule has 0 atom stereocenters. The first-order valence-electron chi connectivity index (χ1n) is 6.50. The van der Waals surface area contributed by atoms with Crippen LogP contribution in [0.5, 0.6) is 11.5 Å². The molecule has 1 aliphatic heterocycles. The van der Waals surface area contributed by atoms with Gasteiger partial charge in [-0.15, -0.1) is 0 Å². The highest BCUT2D eigenvalue weighted by Gasteiger charge is 2.14. The molecule has 0 unspecified atom stereocenters. The lowest BCUT2D eigenvalue weighted by atomic mass is 10.2. The van der Waals surface area contributed by atoms with Crippen LogP contribution in [0.2, 0.25) is 0 Å². The number of hydrogen-bond donors (Lipinski definition) is 1. The summed E-state index contributed by atoms with van der Waals surface area (Å²) in [6.07, 6.45) is 1.45. The second kappa shape index (κ2) is 4.62. The van der Waals surface area contributed by atoms with Crippen molar-refractivity contribution in [1.82, 2.24) is 15.1 Å². The highest BCUT2D eigenvalue weighted by atomic mass is 16.7. The van der Waals surface area contributed by atoms with Crippen molar-refractivity contribution in [2.45, 2.75) is 13.5 Å². The number of anilines is 1. The lowest BCUT2D eigenvalue weighted by molar-refractivity contribution is 0.174. The molecule has 0 fully saturated rings. The Morgan fingerprint density at radius 1 is 1.19 bits per heavy atom. The Kier molecular flexibility index (Phi) is 2.63. The average molecular weight is 284 g/mol. The zero-order valence-electron chi connectivity index (χ0n) is 11.3. The predicted octanol–water partition coefficient (Wildman–Crippen LogP) is 2.27. The van der Waals surface area contributed by atoms with Gasteiger partial charge in [-0.1, -0.05) is 11.2 Å². The molecule has 21 heavy (non-hydrogen) atoms. The van der Waals surface area contributed by atoms with Gasteiger partial charge in [-0.25, -0.2) is 4.98 Å². The van der Waals surface area contributed by atoms with Crippen molar-refractivity contribution >= 4 is 16.9 Å². The van der Waals surface area contributed by atoms with Gasteiger partial charge in [0.2, 0.25) is 6.79 Å². The molecule has 0 radical (unpaired) electrons. The SMILES string of the molecule is Cc1noc2ncnc(NCc3ccc4c(c3)OCO4)c12. The Morgan fingerprint density at radius 3 is 3.05 bits per heavy atom. The monoisotopic (exact) mass is 284 g/mol. The lowest BCUT2D eigenvalue weighted by Gasteiger charge is -2.07. The maximum absolute atomic E-state index is 5.37. The van der Waals surface area contributed by atoms with E-state index in [1.165, 1.54) is 6.33 Å². The van der Waals surface area contributed by atoms with Crippen LogP contribution in [0.4, 0.5) is 5.82 Å². The molecule has 0 saturated carbocycles. The van der Waals surface area contributed by atoms with Crippen LogP contribution in [-0.4, -0.2) is 21.9 Å². The Labute approximate surface area is 119 Å². The summed E-state index contributed by atoms with van der Waals surface area (Å²) < 4.78 is 15.8. The first kappa shape index (κ1) is 12.0. The molecular formula is C14H12N4O3. The van der Waals surface area contributed by atoms with E-state index in [0.717, 1.165) is 28.1 Å². The normalized spacial score (nSPS) is 12.8. The Hall–Kier alpha value is -2.83. The van der Waals surface area contributed by atoms with Crippen LogP contribution < -0.4 is 14.8 Å². The predicted molar refractivity (Wildman–Crippen MR) is 74.2 cm³/mol. The number of benzene rings is 1. The van der Waals surface area contributed by atoms with E-state index in [2.05, 4.69) is 20.4 Å². The molecule has 4 rings (SSSR count). The van der Waals surface area contributed by atoms with E-state index < -0.39 is 0 Å². The summed E-state index contributed by atoms with van der Waals surface area (Å²) in [5.74, 6) is 2.25. The fraction of sp³-hybridized carbons (Fsp3) is 0.214. The standard InChI is InChI=1S/C14H12N4O3/c1-8-12-13(16-6-17-14(12)21-18-8)15-5-9-2-3-10-11(4-9)20-7-19-10/h2-4,6H,5,7H2,1H3,(H,15,16,17). The minimum atomic E-state index is 0.276. The highest BCUT2D eigenvalue weighted by Crippen LogP contribution is 2.32. The van der Waals surface area contributed by atoms with Gasteiger partial charge in [0.25, 0.3) is 5.71 Å². The van der Waals surface area contributed by atoms with Crippen molar-refractivity contribution in [3.63, 3.8) is 0 Å². The number of hydrogen-bond acceptors (Lipinski definition) is 7. The summed E-state index contributed by atoms with van der Waals surface area (Å²) in [6, 6.07) is 5.84. The third-order valence-electron chi connectivity index (χ3n) is 3.34. The van der Waals surface area contributed by atoms with Gasteiger partial charge in [0, 0.05) is 6.54 Å². The van der Waals surface area contributed by atoms with Gasteiger partial charge >= 0.3 is 0 Å². The second-order valence-electron chi connectivity index (χ2n) is 4.71. The minimum Gasteiger partial charge on any atom is -0.454 e. The van der Waals surface area contributed by atoms with Crippen LogP contribution in [0.25, 0.3) is 11.1 Å². The van der Waals surface area contributed by atoms with Crippen molar-refractivity contribution in [1.29, 1.82) is 0 Å². The average Bonchev–Trinajstić information content (AvgIpc) is 3.12. The summed E-state index contributed by atoms with van der Waals surface area (Å²) in [7, 11) is 0. The van der Waals surface area contributed by atoms with Crippen molar-refractivity contribution in [3.8, 4) is 11.5 Å². The van der Waals surface area contributed by atoms with E-state index in [1.807, 2.05) is 25.1 Å². The molecule has 1 aliphatic rings. The molecule has 7 heteroatoms. The Morgan fingerprint density at radius 2 is 2.10 bits per heavy atom.